The van der Waals surface area contributed by atoms with Crippen LogP contribution in [0.1, 0.15) is 18.9 Å². The topological polar surface area (TPSA) is 62.1 Å². The van der Waals surface area contributed by atoms with Crippen molar-refractivity contribution >= 4 is 34.6 Å². The van der Waals surface area contributed by atoms with Crippen molar-refractivity contribution in [3.63, 3.8) is 0 Å². The summed E-state index contributed by atoms with van der Waals surface area (Å²) in [6, 6.07) is 14.3. The Morgan fingerprint density at radius 3 is 2.58 bits per heavy atom. The highest BCUT2D eigenvalue weighted by molar-refractivity contribution is 8.18. The van der Waals surface area contributed by atoms with E-state index >= 15 is 0 Å². The minimum absolute atomic E-state index is 0.0904. The molecule has 5 nitrogen and oxygen atoms in total. The van der Waals surface area contributed by atoms with E-state index < -0.39 is 0 Å². The van der Waals surface area contributed by atoms with Crippen LogP contribution >= 0.6 is 11.8 Å². The van der Waals surface area contributed by atoms with E-state index in [9.17, 15) is 9.90 Å². The van der Waals surface area contributed by atoms with Gasteiger partial charge in [-0.15, -0.1) is 0 Å². The summed E-state index contributed by atoms with van der Waals surface area (Å²) in [5.74, 6) is 0.818. The number of methoxy groups -OCH3 is 1. The average molecular weight is 368 g/mol. The smallest absolute Gasteiger partial charge is 0.266 e. The molecule has 0 bridgehead atoms. The number of hydrogen-bond donors (Lipinski definition) is 1. The number of amides is 1. The van der Waals surface area contributed by atoms with E-state index in [2.05, 4.69) is 4.99 Å². The molecule has 1 amide bonds. The maximum atomic E-state index is 12.8. The second-order valence-electron chi connectivity index (χ2n) is 5.72. The molecule has 0 unspecified atom stereocenters. The molecule has 1 N–H and O–H groups in total. The zero-order valence-electron chi connectivity index (χ0n) is 14.7. The fraction of sp³-hybridized carbons (Fsp3) is 0.200. The monoisotopic (exact) mass is 368 g/mol. The highest BCUT2D eigenvalue weighted by Gasteiger charge is 2.32. The Bertz CT molecular complexity index is 860. The largest absolute Gasteiger partial charge is 0.507 e. The van der Waals surface area contributed by atoms with E-state index in [-0.39, 0.29) is 11.7 Å². The van der Waals surface area contributed by atoms with Gasteiger partial charge in [0.25, 0.3) is 5.91 Å². The summed E-state index contributed by atoms with van der Waals surface area (Å²) in [6.45, 7) is 2.62. The zero-order valence-corrected chi connectivity index (χ0v) is 15.5. The summed E-state index contributed by atoms with van der Waals surface area (Å²) in [6.07, 6.45) is 2.54. The van der Waals surface area contributed by atoms with Crippen LogP contribution in [0.2, 0.25) is 0 Å². The molecule has 26 heavy (non-hydrogen) atoms. The summed E-state index contributed by atoms with van der Waals surface area (Å²) >= 11 is 1.32. The third kappa shape index (κ3) is 3.91. The number of aliphatic imine (C=N–C) groups is 1. The molecule has 1 saturated heterocycles. The van der Waals surface area contributed by atoms with Crippen molar-refractivity contribution in [2.75, 3.05) is 13.7 Å². The molecule has 3 rings (SSSR count). The molecule has 1 aliphatic rings. The van der Waals surface area contributed by atoms with Gasteiger partial charge in [-0.05, 0) is 54.6 Å². The molecule has 134 valence electrons. The first-order valence-electron chi connectivity index (χ1n) is 8.34. The van der Waals surface area contributed by atoms with E-state index in [1.807, 2.05) is 37.3 Å². The van der Waals surface area contributed by atoms with Crippen LogP contribution in [0.25, 0.3) is 6.08 Å². The maximum absolute atomic E-state index is 12.8. The van der Waals surface area contributed by atoms with E-state index in [4.69, 9.17) is 4.74 Å². The lowest BCUT2D eigenvalue weighted by Crippen LogP contribution is -2.29. The fourth-order valence-electron chi connectivity index (χ4n) is 2.53. The molecule has 0 atom stereocenters. The number of nitrogens with zero attached hydrogens (tertiary/aromatic N) is 2. The van der Waals surface area contributed by atoms with Crippen LogP contribution in [-0.2, 0) is 4.79 Å². The quantitative estimate of drug-likeness (QED) is 0.794. The van der Waals surface area contributed by atoms with Gasteiger partial charge in [0.2, 0.25) is 0 Å². The molecule has 1 aliphatic heterocycles. The van der Waals surface area contributed by atoms with Gasteiger partial charge in [-0.25, -0.2) is 4.99 Å². The molecule has 6 heteroatoms. The minimum atomic E-state index is -0.0904. The highest BCUT2D eigenvalue weighted by atomic mass is 32.2. The summed E-state index contributed by atoms with van der Waals surface area (Å²) in [5, 5.41) is 10.6. The van der Waals surface area contributed by atoms with Crippen LogP contribution in [0.3, 0.4) is 0 Å². The lowest BCUT2D eigenvalue weighted by atomic mass is 10.2. The molecular formula is C20H20N2O3S. The SMILES string of the molecule is CCCN1C(=O)/C(=C/c2ccccc2O)SC1=Nc1ccc(OC)cc1. The molecule has 0 aliphatic carbocycles. The van der Waals surface area contributed by atoms with Crippen LogP contribution in [0, 0.1) is 0 Å². The van der Waals surface area contributed by atoms with Crippen molar-refractivity contribution in [1.82, 2.24) is 4.90 Å². The number of aromatic hydroxyl groups is 1. The summed E-state index contributed by atoms with van der Waals surface area (Å²) in [7, 11) is 1.62. The van der Waals surface area contributed by atoms with Crippen LogP contribution in [0.5, 0.6) is 11.5 Å². The van der Waals surface area contributed by atoms with E-state index in [0.29, 0.717) is 22.2 Å². The van der Waals surface area contributed by atoms with Crippen molar-refractivity contribution in [1.29, 1.82) is 0 Å². The maximum Gasteiger partial charge on any atom is 0.266 e. The lowest BCUT2D eigenvalue weighted by molar-refractivity contribution is -0.122. The van der Waals surface area contributed by atoms with Gasteiger partial charge in [-0.1, -0.05) is 25.1 Å². The first kappa shape index (κ1) is 18.1. The Labute approximate surface area is 157 Å². The molecule has 0 saturated carbocycles. The van der Waals surface area contributed by atoms with Crippen molar-refractivity contribution in [3.05, 3.63) is 59.0 Å². The summed E-state index contributed by atoms with van der Waals surface area (Å²) in [4.78, 5) is 19.6. The van der Waals surface area contributed by atoms with Crippen molar-refractivity contribution in [3.8, 4) is 11.5 Å². The van der Waals surface area contributed by atoms with E-state index in [0.717, 1.165) is 17.9 Å². The Balaban J connectivity index is 1.93. The second kappa shape index (κ2) is 8.10. The van der Waals surface area contributed by atoms with Gasteiger partial charge in [0.1, 0.15) is 11.5 Å². The number of hydrogen-bond acceptors (Lipinski definition) is 5. The summed E-state index contributed by atoms with van der Waals surface area (Å²) in [5.41, 5.74) is 1.37. The Morgan fingerprint density at radius 1 is 1.19 bits per heavy atom. The predicted molar refractivity (Wildman–Crippen MR) is 106 cm³/mol. The predicted octanol–water partition coefficient (Wildman–Crippen LogP) is 4.41. The number of thioether (sulfide) groups is 1. The van der Waals surface area contributed by atoms with Crippen LogP contribution in [0.4, 0.5) is 5.69 Å². The standard InChI is InChI=1S/C20H20N2O3S/c1-3-12-22-19(24)18(13-14-6-4-5-7-17(14)23)26-20(22)21-15-8-10-16(25-2)11-9-15/h4-11,13,23H,3,12H2,1-2H3/b18-13-,21-20?. The number of carbonyl (C=O) groups excluding carboxylic acids is 1. The molecular weight excluding hydrogens is 348 g/mol. The third-order valence-electron chi connectivity index (χ3n) is 3.86. The Hall–Kier alpha value is -2.73. The molecule has 2 aromatic rings. The Kier molecular flexibility index (Phi) is 5.63. The molecule has 0 aromatic heterocycles. The zero-order chi connectivity index (χ0) is 18.5. The van der Waals surface area contributed by atoms with Crippen LogP contribution in [-0.4, -0.2) is 34.7 Å². The van der Waals surface area contributed by atoms with Crippen molar-refractivity contribution in [2.24, 2.45) is 4.99 Å². The first-order valence-corrected chi connectivity index (χ1v) is 9.16. The first-order chi connectivity index (χ1) is 12.6. The van der Waals surface area contributed by atoms with Gasteiger partial charge >= 0.3 is 0 Å². The molecule has 1 heterocycles. The molecule has 2 aromatic carbocycles. The lowest BCUT2D eigenvalue weighted by Gasteiger charge is -2.14. The second-order valence-corrected chi connectivity index (χ2v) is 6.73. The van der Waals surface area contributed by atoms with E-state index in [1.54, 1.807) is 36.3 Å². The molecule has 1 fully saturated rings. The minimum Gasteiger partial charge on any atom is -0.507 e. The van der Waals surface area contributed by atoms with Crippen molar-refractivity contribution in [2.45, 2.75) is 13.3 Å². The molecule has 0 spiro atoms. The van der Waals surface area contributed by atoms with Gasteiger partial charge < -0.3 is 9.84 Å². The van der Waals surface area contributed by atoms with Crippen LogP contribution < -0.4 is 4.74 Å². The number of ether oxygens (including phenoxy) is 1. The number of benzene rings is 2. The van der Waals surface area contributed by atoms with Gasteiger partial charge in [-0.2, -0.15) is 0 Å². The number of para-hydroxylation sites is 1. The van der Waals surface area contributed by atoms with Crippen molar-refractivity contribution < 1.29 is 14.6 Å². The number of phenols is 1. The van der Waals surface area contributed by atoms with Gasteiger partial charge in [0, 0.05) is 12.1 Å². The number of carbonyl (C=O) groups is 1. The number of rotatable bonds is 5. The average Bonchev–Trinajstić information content (AvgIpc) is 2.93. The third-order valence-corrected chi connectivity index (χ3v) is 4.86. The fourth-order valence-corrected chi connectivity index (χ4v) is 3.55. The van der Waals surface area contributed by atoms with Gasteiger partial charge in [-0.3, -0.25) is 9.69 Å². The number of phenolic OH excluding ortho intramolecular Hbond substituents is 1. The van der Waals surface area contributed by atoms with Gasteiger partial charge in [0.15, 0.2) is 5.17 Å². The van der Waals surface area contributed by atoms with Gasteiger partial charge in [0.05, 0.1) is 17.7 Å². The highest BCUT2D eigenvalue weighted by Crippen LogP contribution is 2.35. The number of amidine groups is 1. The molecule has 0 radical (unpaired) electrons. The Morgan fingerprint density at radius 2 is 1.92 bits per heavy atom. The summed E-state index contributed by atoms with van der Waals surface area (Å²) < 4.78 is 5.16. The normalized spacial score (nSPS) is 17.3. The van der Waals surface area contributed by atoms with Crippen LogP contribution in [0.15, 0.2) is 58.4 Å². The van der Waals surface area contributed by atoms with E-state index in [1.165, 1.54) is 11.8 Å².